The quantitative estimate of drug-likeness (QED) is 0.0222. The van der Waals surface area contributed by atoms with Crippen molar-refractivity contribution in [2.45, 2.75) is 425 Å². The van der Waals surface area contributed by atoms with E-state index >= 15 is 0 Å². The highest BCUT2D eigenvalue weighted by Crippen LogP contribution is 2.45. The number of rotatable bonds is 77. The maximum Gasteiger partial charge on any atom is 0.472 e. The van der Waals surface area contributed by atoms with Gasteiger partial charge < -0.3 is 33.8 Å². The number of phosphoric acid groups is 2. The van der Waals surface area contributed by atoms with E-state index in [9.17, 15) is 43.2 Å². The van der Waals surface area contributed by atoms with Crippen LogP contribution in [0, 0.1) is 0 Å². The maximum absolute atomic E-state index is 13.1. The van der Waals surface area contributed by atoms with Crippen molar-refractivity contribution < 1.29 is 80.2 Å². The minimum Gasteiger partial charge on any atom is -0.462 e. The number of aliphatic hydroxyl groups is 1. The third kappa shape index (κ3) is 70.3. The van der Waals surface area contributed by atoms with Gasteiger partial charge in [0.25, 0.3) is 0 Å². The predicted molar refractivity (Wildman–Crippen MR) is 386 cm³/mol. The Balaban J connectivity index is 5.26. The van der Waals surface area contributed by atoms with Gasteiger partial charge in [-0.05, 0) is 25.7 Å². The second-order valence-electron chi connectivity index (χ2n) is 27.4. The molecule has 19 heteroatoms. The maximum atomic E-state index is 13.1. The standard InChI is InChI=1S/C76H148O17P2/c1-5-9-13-17-21-25-29-33-36-39-43-47-51-55-59-63-76(81)93-72(67-87-74(79)61-57-53-49-45-41-37-34-30-26-22-18-14-10-6-2)69-91-95(84,85)89-65-70(77)64-88-94(82,83)90-68-71(66-86-73(78)60-56-52-48-44-40-32-28-24-20-16-12-8-4)92-75(80)62-58-54-50-46-42-38-35-31-27-23-19-15-11-7-3/h70-72,77H,5-69H2,1-4H3,(H,82,83)(H,84,85)/t70-,71+,72+/m0/s1. The second kappa shape index (κ2) is 70.5. The number of phosphoric ester groups is 2. The van der Waals surface area contributed by atoms with Crippen molar-refractivity contribution >= 4 is 39.5 Å². The molecule has 0 aliphatic carbocycles. The van der Waals surface area contributed by atoms with E-state index in [1.54, 1.807) is 0 Å². The van der Waals surface area contributed by atoms with Crippen molar-refractivity contribution in [3.05, 3.63) is 0 Å². The lowest BCUT2D eigenvalue weighted by Crippen LogP contribution is -2.30. The highest BCUT2D eigenvalue weighted by atomic mass is 31.2. The summed E-state index contributed by atoms with van der Waals surface area (Å²) in [6, 6.07) is 0. The lowest BCUT2D eigenvalue weighted by atomic mass is 10.0. The summed E-state index contributed by atoms with van der Waals surface area (Å²) in [6.45, 7) is 5.01. The Bertz CT molecular complexity index is 1810. The number of carbonyl (C=O) groups is 4. The molecule has 0 fully saturated rings. The number of ether oxygens (including phenoxy) is 4. The SMILES string of the molecule is CCCCCCCCCCCCCCCCCC(=O)O[C@H](COC(=O)CCCCCCCCCCCCCCCC)COP(=O)(O)OC[C@@H](O)COP(=O)(O)OC[C@@H](COC(=O)CCCCCCCCCCCCCC)OC(=O)CCCCCCCCCCCCCCCC. The number of esters is 4. The van der Waals surface area contributed by atoms with E-state index in [0.29, 0.717) is 25.7 Å². The molecular weight excluding hydrogens is 1250 g/mol. The van der Waals surface area contributed by atoms with Gasteiger partial charge in [-0.15, -0.1) is 0 Å². The lowest BCUT2D eigenvalue weighted by Gasteiger charge is -2.21. The molecule has 0 bridgehead atoms. The Labute approximate surface area is 581 Å². The monoisotopic (exact) mass is 1400 g/mol. The van der Waals surface area contributed by atoms with Gasteiger partial charge >= 0.3 is 39.5 Å². The topological polar surface area (TPSA) is 237 Å². The van der Waals surface area contributed by atoms with Crippen molar-refractivity contribution in [1.29, 1.82) is 0 Å². The van der Waals surface area contributed by atoms with Gasteiger partial charge in [0, 0.05) is 25.7 Å². The van der Waals surface area contributed by atoms with Crippen molar-refractivity contribution in [3.8, 4) is 0 Å². The van der Waals surface area contributed by atoms with Crippen LogP contribution >= 0.6 is 15.6 Å². The number of carbonyl (C=O) groups excluding carboxylic acids is 4. The summed E-state index contributed by atoms with van der Waals surface area (Å²) in [4.78, 5) is 72.9. The molecule has 3 N–H and O–H groups in total. The summed E-state index contributed by atoms with van der Waals surface area (Å²) in [5.41, 5.74) is 0. The molecule has 0 aliphatic heterocycles. The molecule has 5 atom stereocenters. The molecule has 2 unspecified atom stereocenters. The molecule has 0 saturated carbocycles. The van der Waals surface area contributed by atoms with Gasteiger partial charge in [0.15, 0.2) is 12.2 Å². The number of hydrogen-bond acceptors (Lipinski definition) is 15. The van der Waals surface area contributed by atoms with E-state index in [4.69, 9.17) is 37.0 Å². The summed E-state index contributed by atoms with van der Waals surface area (Å²) in [6.07, 6.45) is 60.7. The van der Waals surface area contributed by atoms with Crippen LogP contribution in [0.15, 0.2) is 0 Å². The summed E-state index contributed by atoms with van der Waals surface area (Å²) in [5.74, 6) is -2.11. The Kier molecular flexibility index (Phi) is 69.1. The van der Waals surface area contributed by atoms with Crippen molar-refractivity contribution in [3.63, 3.8) is 0 Å². The molecule has 0 aromatic rings. The van der Waals surface area contributed by atoms with Gasteiger partial charge in [-0.3, -0.25) is 37.3 Å². The van der Waals surface area contributed by atoms with Crippen LogP contribution in [0.4, 0.5) is 0 Å². The van der Waals surface area contributed by atoms with Crippen LogP contribution in [-0.4, -0.2) is 96.7 Å². The van der Waals surface area contributed by atoms with E-state index < -0.39 is 97.5 Å². The first kappa shape index (κ1) is 93.1. The van der Waals surface area contributed by atoms with Gasteiger partial charge in [-0.25, -0.2) is 9.13 Å². The zero-order valence-electron chi connectivity index (χ0n) is 61.6. The minimum absolute atomic E-state index is 0.109. The normalized spacial score (nSPS) is 13.9. The van der Waals surface area contributed by atoms with Crippen LogP contribution in [0.25, 0.3) is 0 Å². The first-order chi connectivity index (χ1) is 46.2. The smallest absolute Gasteiger partial charge is 0.462 e. The van der Waals surface area contributed by atoms with Crippen LogP contribution in [0.1, 0.15) is 407 Å². The Morgan fingerprint density at radius 2 is 0.421 bits per heavy atom. The minimum atomic E-state index is -4.96. The molecule has 17 nitrogen and oxygen atoms in total. The fourth-order valence-electron chi connectivity index (χ4n) is 11.8. The van der Waals surface area contributed by atoms with Crippen LogP contribution in [-0.2, 0) is 65.4 Å². The van der Waals surface area contributed by atoms with Crippen LogP contribution in [0.5, 0.6) is 0 Å². The molecule has 0 aromatic heterocycles. The van der Waals surface area contributed by atoms with Crippen molar-refractivity contribution in [1.82, 2.24) is 0 Å². The third-order valence-corrected chi connectivity index (χ3v) is 19.8. The van der Waals surface area contributed by atoms with Crippen LogP contribution in [0.3, 0.4) is 0 Å². The first-order valence-corrected chi connectivity index (χ1v) is 42.8. The van der Waals surface area contributed by atoms with Gasteiger partial charge in [0.05, 0.1) is 26.4 Å². The number of aliphatic hydroxyl groups excluding tert-OH is 1. The van der Waals surface area contributed by atoms with E-state index in [-0.39, 0.29) is 25.7 Å². The summed E-state index contributed by atoms with van der Waals surface area (Å²) >= 11 is 0. The molecule has 0 saturated heterocycles. The van der Waals surface area contributed by atoms with Gasteiger partial charge in [-0.1, -0.05) is 355 Å². The largest absolute Gasteiger partial charge is 0.472 e. The van der Waals surface area contributed by atoms with Crippen LogP contribution in [0.2, 0.25) is 0 Å². The first-order valence-electron chi connectivity index (χ1n) is 39.8. The summed E-state index contributed by atoms with van der Waals surface area (Å²) in [5, 5.41) is 10.6. The number of unbranched alkanes of at least 4 members (excludes halogenated alkanes) is 51. The van der Waals surface area contributed by atoms with E-state index in [2.05, 4.69) is 27.7 Å². The predicted octanol–water partition coefficient (Wildman–Crippen LogP) is 22.6. The molecule has 0 aliphatic rings. The highest BCUT2D eigenvalue weighted by molar-refractivity contribution is 7.47. The molecule has 0 heterocycles. The second-order valence-corrected chi connectivity index (χ2v) is 30.3. The van der Waals surface area contributed by atoms with Gasteiger partial charge in [-0.2, -0.15) is 0 Å². The van der Waals surface area contributed by atoms with Crippen LogP contribution < -0.4 is 0 Å². The van der Waals surface area contributed by atoms with E-state index in [1.165, 1.54) is 238 Å². The van der Waals surface area contributed by atoms with Crippen molar-refractivity contribution in [2.75, 3.05) is 39.6 Å². The van der Waals surface area contributed by atoms with Gasteiger partial charge in [0.2, 0.25) is 0 Å². The van der Waals surface area contributed by atoms with E-state index in [1.807, 2.05) is 0 Å². The Hall–Kier alpha value is -1.94. The Morgan fingerprint density at radius 1 is 0.253 bits per heavy atom. The van der Waals surface area contributed by atoms with Gasteiger partial charge in [0.1, 0.15) is 19.3 Å². The highest BCUT2D eigenvalue weighted by Gasteiger charge is 2.30. The summed E-state index contributed by atoms with van der Waals surface area (Å²) < 4.78 is 68.6. The average Bonchev–Trinajstić information content (AvgIpc) is 3.01. The average molecular weight is 1400 g/mol. The number of hydrogen-bond donors (Lipinski definition) is 3. The molecule has 0 spiro atoms. The molecule has 564 valence electrons. The molecule has 0 amide bonds. The lowest BCUT2D eigenvalue weighted by molar-refractivity contribution is -0.161. The third-order valence-electron chi connectivity index (χ3n) is 17.9. The molecule has 0 radical (unpaired) electrons. The zero-order chi connectivity index (χ0) is 69.7. The van der Waals surface area contributed by atoms with E-state index in [0.717, 1.165) is 89.9 Å². The zero-order valence-corrected chi connectivity index (χ0v) is 63.4. The fourth-order valence-corrected chi connectivity index (χ4v) is 13.3. The molecule has 95 heavy (non-hydrogen) atoms. The molecular formula is C76H148O17P2. The fraction of sp³-hybridized carbons (Fsp3) is 0.947. The molecule has 0 rings (SSSR count). The summed E-state index contributed by atoms with van der Waals surface area (Å²) in [7, 11) is -9.91. The Morgan fingerprint density at radius 3 is 0.621 bits per heavy atom. The van der Waals surface area contributed by atoms with Crippen molar-refractivity contribution in [2.24, 2.45) is 0 Å². The molecule has 0 aromatic carbocycles.